The molecule has 0 bridgehead atoms. The highest BCUT2D eigenvalue weighted by Gasteiger charge is 2.35. The Morgan fingerprint density at radius 1 is 1.03 bits per heavy atom. The molecule has 0 saturated carbocycles. The van der Waals surface area contributed by atoms with Gasteiger partial charge in [-0.15, -0.1) is 0 Å². The van der Waals surface area contributed by atoms with E-state index in [1.54, 1.807) is 0 Å². The number of hydrogen-bond acceptors (Lipinski definition) is 4. The molecule has 2 aromatic carbocycles. The van der Waals surface area contributed by atoms with E-state index in [4.69, 9.17) is 4.74 Å². The van der Waals surface area contributed by atoms with E-state index in [2.05, 4.69) is 22.9 Å². The Kier molecular flexibility index (Phi) is 6.47. The molecule has 31 heavy (non-hydrogen) atoms. The SMILES string of the molecule is CC(C)CN1C(=O)S/C(=C\c2cn(CCCOc3ccccc3)c3ccccc23)C1=O. The van der Waals surface area contributed by atoms with Crippen LogP contribution in [0.25, 0.3) is 17.0 Å². The molecule has 1 saturated heterocycles. The number of fused-ring (bicyclic) bond motifs is 1. The van der Waals surface area contributed by atoms with Crippen LogP contribution < -0.4 is 4.74 Å². The molecule has 2 heterocycles. The van der Waals surface area contributed by atoms with E-state index in [1.807, 2.05) is 62.4 Å². The minimum absolute atomic E-state index is 0.188. The van der Waals surface area contributed by atoms with E-state index in [0.29, 0.717) is 18.1 Å². The van der Waals surface area contributed by atoms with Gasteiger partial charge in [-0.2, -0.15) is 0 Å². The third-order valence-corrected chi connectivity index (χ3v) is 5.99. The first-order valence-corrected chi connectivity index (χ1v) is 11.4. The van der Waals surface area contributed by atoms with Crippen molar-refractivity contribution in [2.75, 3.05) is 13.2 Å². The summed E-state index contributed by atoms with van der Waals surface area (Å²) in [7, 11) is 0. The number of aryl methyl sites for hydroxylation is 1. The first-order chi connectivity index (χ1) is 15.0. The topological polar surface area (TPSA) is 51.5 Å². The van der Waals surface area contributed by atoms with Gasteiger partial charge in [-0.05, 0) is 48.4 Å². The number of imide groups is 1. The quantitative estimate of drug-likeness (QED) is 0.332. The predicted octanol–water partition coefficient (Wildman–Crippen LogP) is 5.80. The summed E-state index contributed by atoms with van der Waals surface area (Å²) in [6.07, 6.45) is 4.77. The number of carbonyl (C=O) groups excluding carboxylic acids is 2. The van der Waals surface area contributed by atoms with Gasteiger partial charge in [-0.1, -0.05) is 50.2 Å². The van der Waals surface area contributed by atoms with E-state index < -0.39 is 0 Å². The lowest BCUT2D eigenvalue weighted by atomic mass is 10.1. The standard InChI is InChI=1S/C25H26N2O3S/c1-18(2)16-27-24(28)23(31-25(27)29)15-19-17-26(22-12-7-6-11-21(19)22)13-8-14-30-20-9-4-3-5-10-20/h3-7,9-12,15,17-18H,8,13-14,16H2,1-2H3/b23-15-. The Hall–Kier alpha value is -2.99. The van der Waals surface area contributed by atoms with E-state index in [0.717, 1.165) is 46.9 Å². The van der Waals surface area contributed by atoms with Crippen LogP contribution in [0.15, 0.2) is 65.7 Å². The summed E-state index contributed by atoms with van der Waals surface area (Å²) in [5, 5.41) is 0.883. The predicted molar refractivity (Wildman–Crippen MR) is 126 cm³/mol. The number of hydrogen-bond donors (Lipinski definition) is 0. The Balaban J connectivity index is 1.51. The van der Waals surface area contributed by atoms with Crippen LogP contribution in [0.1, 0.15) is 25.8 Å². The molecule has 3 aromatic rings. The lowest BCUT2D eigenvalue weighted by Gasteiger charge is -2.14. The molecule has 0 N–H and O–H groups in total. The van der Waals surface area contributed by atoms with Gasteiger partial charge in [-0.3, -0.25) is 14.5 Å². The lowest BCUT2D eigenvalue weighted by Crippen LogP contribution is -2.31. The zero-order valence-corrected chi connectivity index (χ0v) is 18.6. The Morgan fingerprint density at radius 2 is 1.77 bits per heavy atom. The van der Waals surface area contributed by atoms with Gasteiger partial charge in [0.2, 0.25) is 0 Å². The molecular formula is C25H26N2O3S. The van der Waals surface area contributed by atoms with Crippen molar-refractivity contribution in [2.45, 2.75) is 26.8 Å². The minimum atomic E-state index is -0.197. The highest BCUT2D eigenvalue weighted by molar-refractivity contribution is 8.18. The highest BCUT2D eigenvalue weighted by atomic mass is 32.2. The number of carbonyl (C=O) groups is 2. The van der Waals surface area contributed by atoms with Crippen LogP contribution in [-0.2, 0) is 11.3 Å². The third kappa shape index (κ3) is 4.85. The average molecular weight is 435 g/mol. The number of thioether (sulfide) groups is 1. The largest absolute Gasteiger partial charge is 0.494 e. The zero-order valence-electron chi connectivity index (χ0n) is 17.8. The average Bonchev–Trinajstić information content (AvgIpc) is 3.24. The van der Waals surface area contributed by atoms with E-state index in [-0.39, 0.29) is 17.1 Å². The maximum atomic E-state index is 12.7. The molecule has 1 aliphatic rings. The minimum Gasteiger partial charge on any atom is -0.494 e. The fourth-order valence-electron chi connectivity index (χ4n) is 3.68. The fraction of sp³-hybridized carbons (Fsp3) is 0.280. The maximum absolute atomic E-state index is 12.7. The van der Waals surface area contributed by atoms with E-state index in [9.17, 15) is 9.59 Å². The molecule has 2 amide bonds. The van der Waals surface area contributed by atoms with Crippen LogP contribution >= 0.6 is 11.8 Å². The summed E-state index contributed by atoms with van der Waals surface area (Å²) in [6, 6.07) is 17.9. The van der Waals surface area contributed by atoms with E-state index in [1.165, 1.54) is 4.90 Å². The van der Waals surface area contributed by atoms with Crippen molar-refractivity contribution < 1.29 is 14.3 Å². The van der Waals surface area contributed by atoms with Gasteiger partial charge >= 0.3 is 0 Å². The molecule has 0 unspecified atom stereocenters. The molecule has 0 atom stereocenters. The summed E-state index contributed by atoms with van der Waals surface area (Å²) in [5.41, 5.74) is 2.06. The van der Waals surface area contributed by atoms with Gasteiger partial charge in [0.1, 0.15) is 5.75 Å². The van der Waals surface area contributed by atoms with Gasteiger partial charge < -0.3 is 9.30 Å². The number of aromatic nitrogens is 1. The number of benzene rings is 2. The third-order valence-electron chi connectivity index (χ3n) is 5.08. The molecule has 160 valence electrons. The van der Waals surface area contributed by atoms with Crippen molar-refractivity contribution in [3.8, 4) is 5.75 Å². The number of nitrogens with zero attached hydrogens (tertiary/aromatic N) is 2. The van der Waals surface area contributed by atoms with Crippen molar-refractivity contribution in [3.63, 3.8) is 0 Å². The smallest absolute Gasteiger partial charge is 0.293 e. The monoisotopic (exact) mass is 434 g/mol. The molecule has 0 radical (unpaired) electrons. The van der Waals surface area contributed by atoms with Gasteiger partial charge in [0, 0.05) is 35.8 Å². The Labute approximate surface area is 186 Å². The molecule has 5 nitrogen and oxygen atoms in total. The van der Waals surface area contributed by atoms with Crippen LogP contribution in [0, 0.1) is 5.92 Å². The molecule has 0 spiro atoms. The van der Waals surface area contributed by atoms with Crippen LogP contribution in [0.4, 0.5) is 4.79 Å². The van der Waals surface area contributed by atoms with Crippen molar-refractivity contribution in [3.05, 3.63) is 71.3 Å². The molecule has 1 aromatic heterocycles. The molecular weight excluding hydrogens is 408 g/mol. The number of ether oxygens (including phenoxy) is 1. The first kappa shape index (κ1) is 21.2. The zero-order chi connectivity index (χ0) is 21.8. The number of rotatable bonds is 8. The fourth-order valence-corrected chi connectivity index (χ4v) is 4.52. The summed E-state index contributed by atoms with van der Waals surface area (Å²) >= 11 is 1.02. The lowest BCUT2D eigenvalue weighted by molar-refractivity contribution is -0.123. The van der Waals surface area contributed by atoms with Crippen molar-refractivity contribution >= 4 is 39.9 Å². The normalized spacial score (nSPS) is 15.6. The summed E-state index contributed by atoms with van der Waals surface area (Å²) in [6.45, 7) is 5.88. The molecule has 0 aliphatic carbocycles. The van der Waals surface area contributed by atoms with Crippen LogP contribution in [0.3, 0.4) is 0 Å². The second-order valence-corrected chi connectivity index (χ2v) is 8.99. The Morgan fingerprint density at radius 3 is 2.55 bits per heavy atom. The van der Waals surface area contributed by atoms with Gasteiger partial charge in [-0.25, -0.2) is 0 Å². The van der Waals surface area contributed by atoms with E-state index >= 15 is 0 Å². The summed E-state index contributed by atoms with van der Waals surface area (Å²) in [4.78, 5) is 26.9. The van der Waals surface area contributed by atoms with Crippen molar-refractivity contribution in [1.29, 1.82) is 0 Å². The second kappa shape index (κ2) is 9.43. The van der Waals surface area contributed by atoms with Crippen LogP contribution in [0.2, 0.25) is 0 Å². The highest BCUT2D eigenvalue weighted by Crippen LogP contribution is 2.34. The molecule has 4 rings (SSSR count). The Bertz CT molecular complexity index is 1120. The van der Waals surface area contributed by atoms with Gasteiger partial charge in [0.15, 0.2) is 0 Å². The van der Waals surface area contributed by atoms with Crippen LogP contribution in [-0.4, -0.2) is 33.8 Å². The maximum Gasteiger partial charge on any atom is 0.293 e. The first-order valence-electron chi connectivity index (χ1n) is 10.5. The number of para-hydroxylation sites is 2. The van der Waals surface area contributed by atoms with Crippen molar-refractivity contribution in [1.82, 2.24) is 9.47 Å². The van der Waals surface area contributed by atoms with Gasteiger partial charge in [0.25, 0.3) is 11.1 Å². The summed E-state index contributed by atoms with van der Waals surface area (Å²) < 4.78 is 8.00. The molecule has 1 fully saturated rings. The number of amides is 2. The second-order valence-electron chi connectivity index (χ2n) is 8.00. The van der Waals surface area contributed by atoms with Crippen LogP contribution in [0.5, 0.6) is 5.75 Å². The van der Waals surface area contributed by atoms with Gasteiger partial charge in [0.05, 0.1) is 11.5 Å². The summed E-state index contributed by atoms with van der Waals surface area (Å²) in [5.74, 6) is 0.919. The molecule has 6 heteroatoms. The molecule has 1 aliphatic heterocycles. The van der Waals surface area contributed by atoms with Crippen molar-refractivity contribution in [2.24, 2.45) is 5.92 Å².